The standard InChI is InChI=1S/C21H23ClN6O4S/c1-32-18-10-9-17(13-19(18)33(30,31)27-11-3-2-4-12-27)23-20(29)14-28-25-21(24-26-28)15-5-7-16(22)8-6-15/h5-10,13H,2-4,11-12,14H2,1H3,(H,23,29). The maximum absolute atomic E-state index is 13.1. The molecule has 0 unspecified atom stereocenters. The number of hydrogen-bond donors (Lipinski definition) is 1. The summed E-state index contributed by atoms with van der Waals surface area (Å²) in [5.41, 5.74) is 1.04. The molecule has 10 nitrogen and oxygen atoms in total. The van der Waals surface area contributed by atoms with Crippen LogP contribution in [0, 0.1) is 0 Å². The molecule has 0 aliphatic carbocycles. The van der Waals surface area contributed by atoms with E-state index in [2.05, 4.69) is 20.7 Å². The summed E-state index contributed by atoms with van der Waals surface area (Å²) in [6.45, 7) is 0.743. The fraction of sp³-hybridized carbons (Fsp3) is 0.333. The second kappa shape index (κ2) is 9.86. The van der Waals surface area contributed by atoms with Crippen LogP contribution < -0.4 is 10.1 Å². The highest BCUT2D eigenvalue weighted by atomic mass is 35.5. The third-order valence-electron chi connectivity index (χ3n) is 5.22. The Morgan fingerprint density at radius 1 is 1.12 bits per heavy atom. The molecule has 1 saturated heterocycles. The highest BCUT2D eigenvalue weighted by Gasteiger charge is 2.29. The van der Waals surface area contributed by atoms with E-state index in [4.69, 9.17) is 16.3 Å². The van der Waals surface area contributed by atoms with Gasteiger partial charge < -0.3 is 10.1 Å². The van der Waals surface area contributed by atoms with Gasteiger partial charge in [-0.25, -0.2) is 8.42 Å². The maximum Gasteiger partial charge on any atom is 0.248 e. The number of carbonyl (C=O) groups is 1. The van der Waals surface area contributed by atoms with Crippen LogP contribution in [0.1, 0.15) is 19.3 Å². The molecule has 1 aliphatic heterocycles. The van der Waals surface area contributed by atoms with Gasteiger partial charge in [-0.15, -0.1) is 10.2 Å². The van der Waals surface area contributed by atoms with Crippen LogP contribution in [0.5, 0.6) is 5.75 Å². The number of hydrogen-bond acceptors (Lipinski definition) is 7. The van der Waals surface area contributed by atoms with E-state index in [1.807, 2.05) is 0 Å². The minimum atomic E-state index is -3.74. The van der Waals surface area contributed by atoms with Crippen LogP contribution in [-0.2, 0) is 21.4 Å². The molecule has 0 bridgehead atoms. The largest absolute Gasteiger partial charge is 0.495 e. The van der Waals surface area contributed by atoms with E-state index in [1.54, 1.807) is 30.3 Å². The summed E-state index contributed by atoms with van der Waals surface area (Å²) in [7, 11) is -2.33. The first-order valence-electron chi connectivity index (χ1n) is 10.4. The lowest BCUT2D eigenvalue weighted by Gasteiger charge is -2.26. The summed E-state index contributed by atoms with van der Waals surface area (Å²) < 4.78 is 33.0. The number of tetrazole rings is 1. The Morgan fingerprint density at radius 3 is 2.55 bits per heavy atom. The number of amides is 1. The summed E-state index contributed by atoms with van der Waals surface area (Å²) in [5.74, 6) is 0.157. The monoisotopic (exact) mass is 490 g/mol. The van der Waals surface area contributed by atoms with E-state index in [0.717, 1.165) is 24.1 Å². The number of benzene rings is 2. The lowest BCUT2D eigenvalue weighted by Crippen LogP contribution is -2.35. The molecule has 1 N–H and O–H groups in total. The Hall–Kier alpha value is -3.02. The van der Waals surface area contributed by atoms with Crippen LogP contribution in [0.25, 0.3) is 11.4 Å². The van der Waals surface area contributed by atoms with Crippen LogP contribution in [0.15, 0.2) is 47.4 Å². The van der Waals surface area contributed by atoms with E-state index < -0.39 is 15.9 Å². The summed E-state index contributed by atoms with van der Waals surface area (Å²) in [5, 5.41) is 15.3. The average Bonchev–Trinajstić information content (AvgIpc) is 3.28. The molecule has 1 fully saturated rings. The van der Waals surface area contributed by atoms with Gasteiger partial charge in [-0.1, -0.05) is 18.0 Å². The number of aromatic nitrogens is 4. The highest BCUT2D eigenvalue weighted by Crippen LogP contribution is 2.31. The van der Waals surface area contributed by atoms with Crippen molar-refractivity contribution in [2.45, 2.75) is 30.7 Å². The van der Waals surface area contributed by atoms with E-state index in [1.165, 1.54) is 23.5 Å². The van der Waals surface area contributed by atoms with Crippen LogP contribution in [0.4, 0.5) is 5.69 Å². The van der Waals surface area contributed by atoms with Gasteiger partial charge in [-0.2, -0.15) is 9.10 Å². The van der Waals surface area contributed by atoms with E-state index in [0.29, 0.717) is 35.2 Å². The lowest BCUT2D eigenvalue weighted by atomic mass is 10.2. The molecular weight excluding hydrogens is 468 g/mol. The van der Waals surface area contributed by atoms with Crippen molar-refractivity contribution in [2.75, 3.05) is 25.5 Å². The van der Waals surface area contributed by atoms with Gasteiger partial charge in [0.05, 0.1) is 7.11 Å². The SMILES string of the molecule is COc1ccc(NC(=O)Cn2nnc(-c3ccc(Cl)cc3)n2)cc1S(=O)(=O)N1CCCCC1. The Bertz CT molecular complexity index is 1240. The summed E-state index contributed by atoms with van der Waals surface area (Å²) in [4.78, 5) is 13.7. The van der Waals surface area contributed by atoms with E-state index in [-0.39, 0.29) is 17.2 Å². The summed E-state index contributed by atoms with van der Waals surface area (Å²) >= 11 is 5.89. The van der Waals surface area contributed by atoms with Gasteiger partial charge in [0, 0.05) is 29.4 Å². The van der Waals surface area contributed by atoms with Gasteiger partial charge >= 0.3 is 0 Å². The molecule has 1 aromatic heterocycles. The molecule has 12 heteroatoms. The molecule has 174 valence electrons. The van der Waals surface area contributed by atoms with Crippen molar-refractivity contribution < 1.29 is 17.9 Å². The smallest absolute Gasteiger partial charge is 0.248 e. The first-order valence-corrected chi connectivity index (χ1v) is 12.2. The minimum Gasteiger partial charge on any atom is -0.495 e. The first kappa shape index (κ1) is 23.1. The Labute approximate surface area is 196 Å². The van der Waals surface area contributed by atoms with Gasteiger partial charge in [-0.3, -0.25) is 4.79 Å². The van der Waals surface area contributed by atoms with Crippen molar-refractivity contribution >= 4 is 33.2 Å². The zero-order valence-electron chi connectivity index (χ0n) is 17.9. The molecule has 0 spiro atoms. The fourth-order valence-corrected chi connectivity index (χ4v) is 5.38. The minimum absolute atomic E-state index is 0.0219. The van der Waals surface area contributed by atoms with Gasteiger partial charge in [0.2, 0.25) is 21.8 Å². The molecule has 0 saturated carbocycles. The number of sulfonamides is 1. The van der Waals surface area contributed by atoms with Gasteiger partial charge in [-0.05, 0) is 60.5 Å². The first-order chi connectivity index (χ1) is 15.9. The number of nitrogens with zero attached hydrogens (tertiary/aromatic N) is 5. The van der Waals surface area contributed by atoms with Crippen molar-refractivity contribution in [2.24, 2.45) is 0 Å². The third kappa shape index (κ3) is 5.32. The molecule has 3 aromatic rings. The molecule has 2 aromatic carbocycles. The molecule has 0 atom stereocenters. The second-order valence-electron chi connectivity index (χ2n) is 7.53. The number of ether oxygens (including phenoxy) is 1. The van der Waals surface area contributed by atoms with Crippen molar-refractivity contribution in [1.82, 2.24) is 24.5 Å². The highest BCUT2D eigenvalue weighted by molar-refractivity contribution is 7.89. The molecular formula is C21H23ClN6O4S. The quantitative estimate of drug-likeness (QED) is 0.540. The Kier molecular flexibility index (Phi) is 6.91. The molecule has 0 radical (unpaired) electrons. The number of methoxy groups -OCH3 is 1. The van der Waals surface area contributed by atoms with Crippen molar-refractivity contribution in [3.05, 3.63) is 47.5 Å². The van der Waals surface area contributed by atoms with Gasteiger partial charge in [0.1, 0.15) is 17.2 Å². The molecule has 33 heavy (non-hydrogen) atoms. The maximum atomic E-state index is 13.1. The normalized spacial score (nSPS) is 14.7. The second-order valence-corrected chi connectivity index (χ2v) is 9.87. The van der Waals surface area contributed by atoms with Crippen LogP contribution in [0.3, 0.4) is 0 Å². The number of carbonyl (C=O) groups excluding carboxylic acids is 1. The number of anilines is 1. The zero-order valence-corrected chi connectivity index (χ0v) is 19.5. The van der Waals surface area contributed by atoms with Crippen molar-refractivity contribution in [3.63, 3.8) is 0 Å². The van der Waals surface area contributed by atoms with Crippen LogP contribution in [-0.4, -0.2) is 59.0 Å². The third-order valence-corrected chi connectivity index (χ3v) is 7.39. The average molecular weight is 491 g/mol. The van der Waals surface area contributed by atoms with Gasteiger partial charge in [0.25, 0.3) is 0 Å². The lowest BCUT2D eigenvalue weighted by molar-refractivity contribution is -0.117. The van der Waals surface area contributed by atoms with Crippen molar-refractivity contribution in [1.29, 1.82) is 0 Å². The van der Waals surface area contributed by atoms with Crippen LogP contribution >= 0.6 is 11.6 Å². The van der Waals surface area contributed by atoms with E-state index in [9.17, 15) is 13.2 Å². The molecule has 2 heterocycles. The number of halogens is 1. The Morgan fingerprint density at radius 2 is 1.85 bits per heavy atom. The van der Waals surface area contributed by atoms with E-state index >= 15 is 0 Å². The van der Waals surface area contributed by atoms with Crippen LogP contribution in [0.2, 0.25) is 5.02 Å². The fourth-order valence-electron chi connectivity index (χ4n) is 3.55. The number of piperidine rings is 1. The zero-order chi connectivity index (χ0) is 23.4. The predicted molar refractivity (Wildman–Crippen MR) is 122 cm³/mol. The summed E-state index contributed by atoms with van der Waals surface area (Å²) in [6.07, 6.45) is 2.65. The number of rotatable bonds is 7. The summed E-state index contributed by atoms with van der Waals surface area (Å²) in [6, 6.07) is 11.5. The predicted octanol–water partition coefficient (Wildman–Crippen LogP) is 2.82. The van der Waals surface area contributed by atoms with Gasteiger partial charge in [0.15, 0.2) is 0 Å². The molecule has 1 aliphatic rings. The number of nitrogens with one attached hydrogen (secondary N) is 1. The molecule has 1 amide bonds. The Balaban J connectivity index is 1.48. The topological polar surface area (TPSA) is 119 Å². The van der Waals surface area contributed by atoms with Crippen molar-refractivity contribution in [3.8, 4) is 17.1 Å². The molecule has 4 rings (SSSR count).